The van der Waals surface area contributed by atoms with Gasteiger partial charge in [-0.3, -0.25) is 4.98 Å². The quantitative estimate of drug-likeness (QED) is 0.526. The van der Waals surface area contributed by atoms with Crippen molar-refractivity contribution in [3.63, 3.8) is 0 Å². The number of ether oxygens (including phenoxy) is 2. The molecule has 0 saturated carbocycles. The summed E-state index contributed by atoms with van der Waals surface area (Å²) in [4.78, 5) is 6.26. The van der Waals surface area contributed by atoms with E-state index in [1.54, 1.807) is 20.4 Å². The molecule has 0 fully saturated rings. The van der Waals surface area contributed by atoms with Crippen LogP contribution in [0.25, 0.3) is 0 Å². The molecule has 29 heavy (non-hydrogen) atoms. The average molecular weight is 428 g/mol. The van der Waals surface area contributed by atoms with Crippen LogP contribution in [0.5, 0.6) is 11.5 Å². The number of thiocarbonyl (C=S) groups is 1. The molecule has 3 aromatic rings. The molecule has 150 valence electrons. The predicted molar refractivity (Wildman–Crippen MR) is 121 cm³/mol. The molecule has 5 nitrogen and oxygen atoms in total. The van der Waals surface area contributed by atoms with Crippen LogP contribution in [0.3, 0.4) is 0 Å². The van der Waals surface area contributed by atoms with Crippen molar-refractivity contribution < 1.29 is 9.47 Å². The summed E-state index contributed by atoms with van der Waals surface area (Å²) in [6.45, 7) is 1.20. The van der Waals surface area contributed by atoms with Crippen molar-refractivity contribution in [1.82, 2.24) is 9.88 Å². The smallest absolute Gasteiger partial charge is 0.174 e. The Kier molecular flexibility index (Phi) is 7.27. The van der Waals surface area contributed by atoms with Gasteiger partial charge in [-0.05, 0) is 53.7 Å². The van der Waals surface area contributed by atoms with Crippen LogP contribution in [0.15, 0.2) is 67.0 Å². The van der Waals surface area contributed by atoms with Crippen molar-refractivity contribution in [2.24, 2.45) is 0 Å². The van der Waals surface area contributed by atoms with Gasteiger partial charge in [0.25, 0.3) is 0 Å². The van der Waals surface area contributed by atoms with Crippen molar-refractivity contribution in [3.8, 4) is 11.5 Å². The molecule has 0 radical (unpaired) electrons. The zero-order valence-electron chi connectivity index (χ0n) is 16.3. The van der Waals surface area contributed by atoms with E-state index in [9.17, 15) is 0 Å². The van der Waals surface area contributed by atoms with Gasteiger partial charge in [0.1, 0.15) is 11.5 Å². The summed E-state index contributed by atoms with van der Waals surface area (Å²) in [7, 11) is 3.23. The summed E-state index contributed by atoms with van der Waals surface area (Å²) in [5, 5.41) is 4.55. The monoisotopic (exact) mass is 427 g/mol. The van der Waals surface area contributed by atoms with Gasteiger partial charge in [0, 0.05) is 36.6 Å². The molecule has 0 aliphatic carbocycles. The molecule has 0 unspecified atom stereocenters. The summed E-state index contributed by atoms with van der Waals surface area (Å²) in [5.74, 6) is 1.36. The number of hydrogen-bond acceptors (Lipinski definition) is 4. The number of hydrogen-bond donors (Lipinski definition) is 1. The Bertz CT molecular complexity index is 969. The Hall–Kier alpha value is -2.83. The summed E-state index contributed by atoms with van der Waals surface area (Å²) >= 11 is 11.9. The molecule has 1 aromatic heterocycles. The lowest BCUT2D eigenvalue weighted by molar-refractivity contribution is 0.394. The second kappa shape index (κ2) is 10.1. The van der Waals surface area contributed by atoms with Crippen LogP contribution in [-0.4, -0.2) is 29.2 Å². The highest BCUT2D eigenvalue weighted by atomic mass is 35.5. The number of nitrogens with zero attached hydrogens (tertiary/aromatic N) is 2. The maximum atomic E-state index is 6.16. The number of anilines is 1. The number of halogens is 1. The Morgan fingerprint density at radius 1 is 1.03 bits per heavy atom. The number of benzene rings is 2. The lowest BCUT2D eigenvalue weighted by atomic mass is 10.2. The molecular formula is C22H22ClN3O2S. The number of rotatable bonds is 7. The van der Waals surface area contributed by atoms with E-state index in [0.29, 0.717) is 34.7 Å². The Labute approximate surface area is 181 Å². The van der Waals surface area contributed by atoms with Crippen LogP contribution in [0.2, 0.25) is 5.02 Å². The molecule has 1 heterocycles. The van der Waals surface area contributed by atoms with Gasteiger partial charge < -0.3 is 19.7 Å². The molecule has 1 N–H and O–H groups in total. The van der Waals surface area contributed by atoms with Crippen LogP contribution in [-0.2, 0) is 13.1 Å². The van der Waals surface area contributed by atoms with Gasteiger partial charge in [-0.15, -0.1) is 0 Å². The number of methoxy groups -OCH3 is 2. The molecule has 0 saturated heterocycles. The van der Waals surface area contributed by atoms with Crippen LogP contribution in [0, 0.1) is 0 Å². The first-order valence-corrected chi connectivity index (χ1v) is 9.79. The van der Waals surface area contributed by atoms with Crippen LogP contribution < -0.4 is 14.8 Å². The summed E-state index contributed by atoms with van der Waals surface area (Å²) in [6, 6.07) is 17.2. The third-order valence-corrected chi connectivity index (χ3v) is 4.89. The molecule has 7 heteroatoms. The van der Waals surface area contributed by atoms with E-state index < -0.39 is 0 Å². The van der Waals surface area contributed by atoms with Crippen molar-refractivity contribution in [1.29, 1.82) is 0 Å². The van der Waals surface area contributed by atoms with E-state index in [1.165, 1.54) is 0 Å². The zero-order chi connectivity index (χ0) is 20.6. The van der Waals surface area contributed by atoms with Gasteiger partial charge in [0.15, 0.2) is 5.11 Å². The van der Waals surface area contributed by atoms with Crippen molar-refractivity contribution >= 4 is 34.6 Å². The minimum absolute atomic E-state index is 0.567. The first-order valence-electron chi connectivity index (χ1n) is 9.00. The largest absolute Gasteiger partial charge is 0.497 e. The third kappa shape index (κ3) is 5.82. The fraction of sp³-hybridized carbons (Fsp3) is 0.182. The minimum atomic E-state index is 0.567. The fourth-order valence-corrected chi connectivity index (χ4v) is 3.32. The third-order valence-electron chi connectivity index (χ3n) is 4.30. The van der Waals surface area contributed by atoms with E-state index in [2.05, 4.69) is 15.2 Å². The van der Waals surface area contributed by atoms with Gasteiger partial charge in [0.05, 0.1) is 19.9 Å². The topological polar surface area (TPSA) is 46.6 Å². The second-order valence-corrected chi connectivity index (χ2v) is 7.17. The molecule has 2 aromatic carbocycles. The molecule has 0 aliphatic heterocycles. The summed E-state index contributed by atoms with van der Waals surface area (Å²) in [6.07, 6.45) is 3.59. The van der Waals surface area contributed by atoms with Crippen molar-refractivity contribution in [2.45, 2.75) is 13.1 Å². The predicted octanol–water partition coefficient (Wildman–Crippen LogP) is 5.15. The van der Waals surface area contributed by atoms with Gasteiger partial charge in [-0.2, -0.15) is 0 Å². The molecule has 0 atom stereocenters. The van der Waals surface area contributed by atoms with Crippen molar-refractivity contribution in [2.75, 3.05) is 19.5 Å². The number of aromatic nitrogens is 1. The molecule has 0 spiro atoms. The highest BCUT2D eigenvalue weighted by Crippen LogP contribution is 2.29. The van der Waals surface area contributed by atoms with Gasteiger partial charge >= 0.3 is 0 Å². The first-order chi connectivity index (χ1) is 14.1. The Balaban J connectivity index is 1.83. The standard InChI is InChI=1S/C22H22ClN3O2S/c1-27-19-8-9-20(21(12-19)28-2)25-22(29)26(15-17-6-4-10-24-13-17)14-16-5-3-7-18(23)11-16/h3-13H,14-15H2,1-2H3,(H,25,29). The lowest BCUT2D eigenvalue weighted by Gasteiger charge is -2.27. The van der Waals surface area contributed by atoms with Gasteiger partial charge in [-0.1, -0.05) is 29.8 Å². The molecule has 0 amide bonds. The second-order valence-electron chi connectivity index (χ2n) is 6.34. The molecule has 0 bridgehead atoms. The van der Waals surface area contributed by atoms with Crippen LogP contribution in [0.4, 0.5) is 5.69 Å². The van der Waals surface area contributed by atoms with E-state index in [0.717, 1.165) is 16.8 Å². The lowest BCUT2D eigenvalue weighted by Crippen LogP contribution is -2.34. The highest BCUT2D eigenvalue weighted by Gasteiger charge is 2.14. The molecular weight excluding hydrogens is 406 g/mol. The maximum Gasteiger partial charge on any atom is 0.174 e. The number of nitrogens with one attached hydrogen (secondary N) is 1. The van der Waals surface area contributed by atoms with E-state index in [-0.39, 0.29) is 0 Å². The van der Waals surface area contributed by atoms with E-state index in [4.69, 9.17) is 33.3 Å². The van der Waals surface area contributed by atoms with Crippen LogP contribution >= 0.6 is 23.8 Å². The normalized spacial score (nSPS) is 10.3. The minimum Gasteiger partial charge on any atom is -0.497 e. The van der Waals surface area contributed by atoms with E-state index >= 15 is 0 Å². The average Bonchev–Trinajstić information content (AvgIpc) is 2.74. The summed E-state index contributed by atoms with van der Waals surface area (Å²) in [5.41, 5.74) is 2.88. The van der Waals surface area contributed by atoms with Crippen molar-refractivity contribution in [3.05, 3.63) is 83.1 Å². The highest BCUT2D eigenvalue weighted by molar-refractivity contribution is 7.80. The molecule has 0 aliphatic rings. The maximum absolute atomic E-state index is 6.16. The van der Waals surface area contributed by atoms with Gasteiger partial charge in [-0.25, -0.2) is 0 Å². The van der Waals surface area contributed by atoms with E-state index in [1.807, 2.05) is 60.8 Å². The zero-order valence-corrected chi connectivity index (χ0v) is 17.8. The summed E-state index contributed by atoms with van der Waals surface area (Å²) < 4.78 is 10.7. The number of pyridine rings is 1. The Morgan fingerprint density at radius 2 is 1.83 bits per heavy atom. The van der Waals surface area contributed by atoms with Gasteiger partial charge in [0.2, 0.25) is 0 Å². The SMILES string of the molecule is COc1ccc(NC(=S)N(Cc2cccnc2)Cc2cccc(Cl)c2)c(OC)c1. The fourth-order valence-electron chi connectivity index (χ4n) is 2.86. The van der Waals surface area contributed by atoms with Crippen LogP contribution in [0.1, 0.15) is 11.1 Å². The Morgan fingerprint density at radius 3 is 2.52 bits per heavy atom. The molecule has 3 rings (SSSR count). The first kappa shape index (κ1) is 20.9.